The van der Waals surface area contributed by atoms with E-state index >= 15 is 0 Å². The maximum Gasteiger partial charge on any atom is 0.301 e. The van der Waals surface area contributed by atoms with E-state index in [1.807, 2.05) is 6.92 Å². The average molecular weight is 420 g/mol. The summed E-state index contributed by atoms with van der Waals surface area (Å²) in [5, 5.41) is 24.9. The van der Waals surface area contributed by atoms with Crippen LogP contribution in [0.3, 0.4) is 0 Å². The van der Waals surface area contributed by atoms with Crippen molar-refractivity contribution in [2.75, 3.05) is 11.5 Å². The number of aromatic nitrogens is 1. The monoisotopic (exact) mass is 420 g/mol. The zero-order valence-electron chi connectivity index (χ0n) is 16.9. The number of hydrogen-bond donors (Lipinski definition) is 2. The first-order valence-corrected chi connectivity index (χ1v) is 9.67. The molecule has 2 N–H and O–H groups in total. The van der Waals surface area contributed by atoms with Crippen molar-refractivity contribution >= 4 is 23.3 Å². The highest BCUT2D eigenvalue weighted by molar-refractivity contribution is 6.51. The topological polar surface area (TPSA) is 113 Å². The van der Waals surface area contributed by atoms with Crippen LogP contribution in [0.25, 0.3) is 5.76 Å². The van der Waals surface area contributed by atoms with Gasteiger partial charge >= 0.3 is 5.91 Å². The highest BCUT2D eigenvalue weighted by Gasteiger charge is 2.48. The fraction of sp³-hybridized carbons (Fsp3) is 0.174. The lowest BCUT2D eigenvalue weighted by atomic mass is 9.95. The number of hydrogen-bond acceptors (Lipinski definition) is 7. The van der Waals surface area contributed by atoms with Crippen LogP contribution in [0.15, 0.2) is 64.7 Å². The van der Waals surface area contributed by atoms with E-state index < -0.39 is 17.7 Å². The van der Waals surface area contributed by atoms with Gasteiger partial charge in [-0.05, 0) is 55.8 Å². The number of nitrogens with zero attached hydrogens (tertiary/aromatic N) is 2. The third kappa shape index (κ3) is 3.63. The average Bonchev–Trinajstić information content (AvgIpc) is 3.29. The molecule has 1 atom stereocenters. The molecule has 0 aliphatic carbocycles. The number of anilines is 1. The van der Waals surface area contributed by atoms with Crippen LogP contribution in [-0.4, -0.2) is 33.7 Å². The molecule has 3 aromatic rings. The highest BCUT2D eigenvalue weighted by atomic mass is 16.5. The number of rotatable bonds is 5. The number of phenolic OH excluding ortho intramolecular Hbond substituents is 1. The molecule has 1 fully saturated rings. The van der Waals surface area contributed by atoms with E-state index in [1.54, 1.807) is 43.3 Å². The van der Waals surface area contributed by atoms with E-state index in [2.05, 4.69) is 5.16 Å². The summed E-state index contributed by atoms with van der Waals surface area (Å²) >= 11 is 0. The van der Waals surface area contributed by atoms with Crippen LogP contribution < -0.4 is 9.64 Å². The van der Waals surface area contributed by atoms with Crippen molar-refractivity contribution in [2.45, 2.75) is 19.9 Å². The molecule has 31 heavy (non-hydrogen) atoms. The number of carbonyl (C=O) groups excluding carboxylic acids is 2. The second-order valence-corrected chi connectivity index (χ2v) is 7.02. The van der Waals surface area contributed by atoms with E-state index in [-0.39, 0.29) is 22.9 Å². The Morgan fingerprint density at radius 1 is 1.16 bits per heavy atom. The van der Waals surface area contributed by atoms with Gasteiger partial charge in [0.1, 0.15) is 23.0 Å². The van der Waals surface area contributed by atoms with E-state index in [9.17, 15) is 19.8 Å². The normalized spacial score (nSPS) is 17.9. The summed E-state index contributed by atoms with van der Waals surface area (Å²) in [7, 11) is 0. The molecular weight excluding hydrogens is 400 g/mol. The molecule has 1 aliphatic rings. The number of phenols is 1. The van der Waals surface area contributed by atoms with Gasteiger partial charge in [-0.25, -0.2) is 0 Å². The number of aliphatic hydroxyl groups excluding tert-OH is 1. The first-order chi connectivity index (χ1) is 14.9. The number of benzene rings is 2. The number of aromatic hydroxyl groups is 1. The quantitative estimate of drug-likeness (QED) is 0.367. The van der Waals surface area contributed by atoms with Gasteiger partial charge in [0, 0.05) is 11.6 Å². The predicted molar refractivity (Wildman–Crippen MR) is 112 cm³/mol. The Balaban J connectivity index is 1.89. The molecule has 158 valence electrons. The van der Waals surface area contributed by atoms with Gasteiger partial charge in [0.05, 0.1) is 18.2 Å². The minimum Gasteiger partial charge on any atom is -0.508 e. The van der Waals surface area contributed by atoms with E-state index in [1.165, 1.54) is 18.2 Å². The zero-order valence-corrected chi connectivity index (χ0v) is 16.9. The van der Waals surface area contributed by atoms with Gasteiger partial charge in [0.2, 0.25) is 0 Å². The minimum atomic E-state index is -0.997. The van der Waals surface area contributed by atoms with Crippen LogP contribution in [0.2, 0.25) is 0 Å². The van der Waals surface area contributed by atoms with Gasteiger partial charge in [-0.2, -0.15) is 0 Å². The fourth-order valence-corrected chi connectivity index (χ4v) is 3.58. The molecule has 2 aromatic carbocycles. The molecule has 1 aliphatic heterocycles. The van der Waals surface area contributed by atoms with Crippen molar-refractivity contribution < 1.29 is 29.1 Å². The molecule has 0 spiro atoms. The summed E-state index contributed by atoms with van der Waals surface area (Å²) in [4.78, 5) is 27.1. The summed E-state index contributed by atoms with van der Waals surface area (Å²) in [5.74, 6) is -0.883. The second kappa shape index (κ2) is 7.98. The molecule has 1 aromatic heterocycles. The molecule has 4 rings (SSSR count). The molecule has 2 heterocycles. The summed E-state index contributed by atoms with van der Waals surface area (Å²) in [6.07, 6.45) is 0. The first kappa shape index (κ1) is 20.2. The van der Waals surface area contributed by atoms with Crippen molar-refractivity contribution in [1.29, 1.82) is 0 Å². The Hall–Kier alpha value is -4.07. The van der Waals surface area contributed by atoms with Crippen LogP contribution in [0.5, 0.6) is 11.5 Å². The standard InChI is InChI=1S/C23H20N2O6/c1-3-30-17-9-7-14(8-10-17)21(27)19-20(15-5-4-6-16(26)12-15)25(23(29)22(19)28)18-11-13(2)31-24-18/h4-12,20,26-27H,3H2,1-2H3/b21-19-. The Bertz CT molecular complexity index is 1180. The molecule has 0 saturated carbocycles. The fourth-order valence-electron chi connectivity index (χ4n) is 3.58. The Kier molecular flexibility index (Phi) is 5.21. The van der Waals surface area contributed by atoms with Crippen molar-refractivity contribution in [1.82, 2.24) is 5.16 Å². The van der Waals surface area contributed by atoms with Gasteiger partial charge in [-0.1, -0.05) is 17.3 Å². The van der Waals surface area contributed by atoms with Gasteiger partial charge in [-0.15, -0.1) is 0 Å². The SMILES string of the molecule is CCOc1ccc(/C(O)=C2/C(=O)C(=O)N(c3cc(C)on3)C2c2cccc(O)c2)cc1. The maximum absolute atomic E-state index is 13.0. The summed E-state index contributed by atoms with van der Waals surface area (Å²) in [6, 6.07) is 13.2. The van der Waals surface area contributed by atoms with Gasteiger partial charge < -0.3 is 19.5 Å². The summed E-state index contributed by atoms with van der Waals surface area (Å²) in [6.45, 7) is 4.01. The smallest absolute Gasteiger partial charge is 0.301 e. The van der Waals surface area contributed by atoms with Crippen molar-refractivity contribution in [3.63, 3.8) is 0 Å². The van der Waals surface area contributed by atoms with Crippen LogP contribution in [-0.2, 0) is 9.59 Å². The van der Waals surface area contributed by atoms with Gasteiger partial charge in [0.15, 0.2) is 5.82 Å². The molecule has 1 amide bonds. The molecule has 0 radical (unpaired) electrons. The Labute approximate surface area is 178 Å². The number of ether oxygens (including phenoxy) is 1. The van der Waals surface area contributed by atoms with Crippen molar-refractivity contribution in [2.24, 2.45) is 0 Å². The van der Waals surface area contributed by atoms with Crippen molar-refractivity contribution in [3.05, 3.63) is 77.1 Å². The molecule has 0 bridgehead atoms. The van der Waals surface area contributed by atoms with E-state index in [0.717, 1.165) is 4.90 Å². The van der Waals surface area contributed by atoms with E-state index in [4.69, 9.17) is 9.26 Å². The number of carbonyl (C=O) groups is 2. The van der Waals surface area contributed by atoms with Crippen molar-refractivity contribution in [3.8, 4) is 11.5 Å². The predicted octanol–water partition coefficient (Wildman–Crippen LogP) is 3.71. The number of amides is 1. The lowest BCUT2D eigenvalue weighted by Gasteiger charge is -2.23. The summed E-state index contributed by atoms with van der Waals surface area (Å²) < 4.78 is 10.5. The van der Waals surface area contributed by atoms with Gasteiger partial charge in [0.25, 0.3) is 5.78 Å². The number of ketones is 1. The van der Waals surface area contributed by atoms with Crippen LogP contribution in [0.1, 0.15) is 29.9 Å². The second-order valence-electron chi connectivity index (χ2n) is 7.02. The highest BCUT2D eigenvalue weighted by Crippen LogP contribution is 2.42. The Morgan fingerprint density at radius 2 is 1.90 bits per heavy atom. The molecule has 1 unspecified atom stereocenters. The lowest BCUT2D eigenvalue weighted by Crippen LogP contribution is -2.29. The summed E-state index contributed by atoms with van der Waals surface area (Å²) in [5.41, 5.74) is 0.677. The molecule has 1 saturated heterocycles. The van der Waals surface area contributed by atoms with Crippen LogP contribution >= 0.6 is 0 Å². The first-order valence-electron chi connectivity index (χ1n) is 9.67. The van der Waals surface area contributed by atoms with Crippen LogP contribution in [0.4, 0.5) is 5.82 Å². The third-order valence-electron chi connectivity index (χ3n) is 4.93. The zero-order chi connectivity index (χ0) is 22.1. The molecular formula is C23H20N2O6. The molecule has 8 heteroatoms. The van der Waals surface area contributed by atoms with Crippen LogP contribution in [0, 0.1) is 6.92 Å². The minimum absolute atomic E-state index is 0.0412. The van der Waals surface area contributed by atoms with Gasteiger partial charge in [-0.3, -0.25) is 14.5 Å². The maximum atomic E-state index is 13.0. The number of Topliss-reactive ketones (excluding diaryl/α,β-unsaturated/α-hetero) is 1. The lowest BCUT2D eigenvalue weighted by molar-refractivity contribution is -0.132. The number of aliphatic hydroxyl groups is 1. The Morgan fingerprint density at radius 3 is 2.52 bits per heavy atom. The van der Waals surface area contributed by atoms with E-state index in [0.29, 0.717) is 29.2 Å². The molecule has 8 nitrogen and oxygen atoms in total. The number of aryl methyl sites for hydroxylation is 1. The third-order valence-corrected chi connectivity index (χ3v) is 4.93. The largest absolute Gasteiger partial charge is 0.508 e.